The molecule has 0 aliphatic carbocycles. The maximum atomic E-state index is 14.9. The van der Waals surface area contributed by atoms with E-state index in [0.29, 0.717) is 24.1 Å². The molecule has 0 saturated carbocycles. The zero-order chi connectivity index (χ0) is 22.9. The van der Waals surface area contributed by atoms with Gasteiger partial charge in [0.15, 0.2) is 0 Å². The van der Waals surface area contributed by atoms with Crippen LogP contribution in [0, 0.1) is 12.7 Å². The minimum absolute atomic E-state index is 0.0439. The number of aryl methyl sites for hydroxylation is 2. The van der Waals surface area contributed by atoms with E-state index >= 15 is 0 Å². The number of hydrogen-bond donors (Lipinski definition) is 1. The fraction of sp³-hybridized carbons (Fsp3) is 0.308. The molecule has 1 aliphatic heterocycles. The third-order valence-electron chi connectivity index (χ3n) is 6.26. The number of benzene rings is 2. The fourth-order valence-electron chi connectivity index (χ4n) is 4.57. The molecule has 5 rings (SSSR count). The minimum Gasteiger partial charge on any atom is -0.379 e. The van der Waals surface area contributed by atoms with Crippen LogP contribution in [0.3, 0.4) is 0 Å². The first-order valence-corrected chi connectivity index (χ1v) is 11.2. The molecule has 2 aromatic carbocycles. The average Bonchev–Trinajstić information content (AvgIpc) is 3.42. The van der Waals surface area contributed by atoms with E-state index in [1.54, 1.807) is 16.9 Å². The number of fused-ring (bicyclic) bond motifs is 1. The van der Waals surface area contributed by atoms with Gasteiger partial charge in [-0.25, -0.2) is 4.39 Å². The Balaban J connectivity index is 1.46. The van der Waals surface area contributed by atoms with E-state index in [-0.39, 0.29) is 17.8 Å². The first-order valence-electron chi connectivity index (χ1n) is 11.2. The van der Waals surface area contributed by atoms with Gasteiger partial charge in [0.2, 0.25) is 0 Å². The molecule has 0 bridgehead atoms. The fourth-order valence-corrected chi connectivity index (χ4v) is 4.57. The van der Waals surface area contributed by atoms with Crippen molar-refractivity contribution in [2.45, 2.75) is 32.4 Å². The number of halogens is 1. The Morgan fingerprint density at radius 2 is 2.00 bits per heavy atom. The summed E-state index contributed by atoms with van der Waals surface area (Å²) in [5.74, 6) is -0.642. The van der Waals surface area contributed by atoms with Crippen molar-refractivity contribution in [1.29, 1.82) is 0 Å². The molecule has 3 heterocycles. The highest BCUT2D eigenvalue weighted by atomic mass is 19.1. The van der Waals surface area contributed by atoms with Crippen molar-refractivity contribution in [3.05, 3.63) is 77.5 Å². The largest absolute Gasteiger partial charge is 0.379 e. The molecular weight excluding hydrogens is 419 g/mol. The van der Waals surface area contributed by atoms with Gasteiger partial charge in [0, 0.05) is 43.5 Å². The van der Waals surface area contributed by atoms with E-state index < -0.39 is 0 Å². The number of nitrogens with one attached hydrogen (secondary N) is 1. The normalized spacial score (nSPS) is 16.3. The Hall–Kier alpha value is -3.45. The van der Waals surface area contributed by atoms with E-state index in [2.05, 4.69) is 34.7 Å². The molecule has 2 aromatic heterocycles. The number of ether oxygens (including phenoxy) is 1. The molecule has 1 saturated heterocycles. The van der Waals surface area contributed by atoms with Gasteiger partial charge in [0.1, 0.15) is 5.82 Å². The summed E-state index contributed by atoms with van der Waals surface area (Å²) in [6.07, 6.45) is 7.37. The van der Waals surface area contributed by atoms with E-state index in [1.165, 1.54) is 6.07 Å². The predicted octanol–water partition coefficient (Wildman–Crippen LogP) is 4.45. The SMILES string of the molecule is Cc1ccc(F)c2c(C(=O)NC3CCCOC3)cn(Cc3ccc(-c4cnn(C)c4)cc3)c12. The lowest BCUT2D eigenvalue weighted by Gasteiger charge is -2.23. The molecule has 33 heavy (non-hydrogen) atoms. The van der Waals surface area contributed by atoms with Gasteiger partial charge in [0.05, 0.1) is 29.9 Å². The molecule has 1 fully saturated rings. The Morgan fingerprint density at radius 1 is 1.18 bits per heavy atom. The van der Waals surface area contributed by atoms with Crippen molar-refractivity contribution in [2.75, 3.05) is 13.2 Å². The summed E-state index contributed by atoms with van der Waals surface area (Å²) in [6.45, 7) is 3.70. The molecule has 1 aliphatic rings. The quantitative estimate of drug-likeness (QED) is 0.493. The van der Waals surface area contributed by atoms with E-state index in [9.17, 15) is 9.18 Å². The van der Waals surface area contributed by atoms with E-state index in [0.717, 1.165) is 47.2 Å². The molecule has 0 spiro atoms. The maximum Gasteiger partial charge on any atom is 0.253 e. The summed E-state index contributed by atoms with van der Waals surface area (Å²) in [6, 6.07) is 11.4. The Bertz CT molecular complexity index is 1300. The van der Waals surface area contributed by atoms with Gasteiger partial charge in [-0.15, -0.1) is 0 Å². The summed E-state index contributed by atoms with van der Waals surface area (Å²) in [7, 11) is 1.89. The summed E-state index contributed by atoms with van der Waals surface area (Å²) in [5.41, 5.74) is 5.25. The monoisotopic (exact) mass is 446 g/mol. The Kier molecular flexibility index (Phi) is 5.72. The lowest BCUT2D eigenvalue weighted by Crippen LogP contribution is -2.40. The van der Waals surface area contributed by atoms with Crippen molar-refractivity contribution in [2.24, 2.45) is 7.05 Å². The van der Waals surface area contributed by atoms with Gasteiger partial charge in [-0.1, -0.05) is 30.3 Å². The van der Waals surface area contributed by atoms with Crippen LogP contribution >= 0.6 is 0 Å². The highest BCUT2D eigenvalue weighted by molar-refractivity contribution is 6.08. The van der Waals surface area contributed by atoms with Crippen LogP contribution in [0.1, 0.15) is 34.3 Å². The van der Waals surface area contributed by atoms with Crippen LogP contribution in [-0.2, 0) is 18.3 Å². The molecule has 6 nitrogen and oxygen atoms in total. The molecule has 1 amide bonds. The predicted molar refractivity (Wildman–Crippen MR) is 126 cm³/mol. The smallest absolute Gasteiger partial charge is 0.253 e. The highest BCUT2D eigenvalue weighted by Gasteiger charge is 2.23. The molecule has 1 N–H and O–H groups in total. The van der Waals surface area contributed by atoms with Crippen LogP contribution < -0.4 is 5.32 Å². The van der Waals surface area contributed by atoms with Gasteiger partial charge in [-0.3, -0.25) is 9.48 Å². The molecule has 170 valence electrons. The zero-order valence-corrected chi connectivity index (χ0v) is 18.8. The second-order valence-corrected chi connectivity index (χ2v) is 8.75. The Morgan fingerprint density at radius 3 is 2.70 bits per heavy atom. The van der Waals surface area contributed by atoms with Crippen LogP contribution in [0.5, 0.6) is 0 Å². The lowest BCUT2D eigenvalue weighted by atomic mass is 10.1. The first kappa shape index (κ1) is 21.4. The van der Waals surface area contributed by atoms with Gasteiger partial charge in [-0.05, 0) is 42.5 Å². The van der Waals surface area contributed by atoms with Gasteiger partial charge in [-0.2, -0.15) is 5.10 Å². The first-order chi connectivity index (χ1) is 16.0. The van der Waals surface area contributed by atoms with Crippen molar-refractivity contribution in [1.82, 2.24) is 19.7 Å². The molecule has 1 atom stereocenters. The van der Waals surface area contributed by atoms with Crippen molar-refractivity contribution >= 4 is 16.8 Å². The number of carbonyl (C=O) groups is 1. The van der Waals surface area contributed by atoms with Crippen LogP contribution in [-0.4, -0.2) is 39.5 Å². The minimum atomic E-state index is -0.383. The maximum absolute atomic E-state index is 14.9. The summed E-state index contributed by atoms with van der Waals surface area (Å²) < 4.78 is 24.2. The number of carbonyl (C=O) groups excluding carboxylic acids is 1. The van der Waals surface area contributed by atoms with Gasteiger partial charge in [0.25, 0.3) is 5.91 Å². The topological polar surface area (TPSA) is 61.1 Å². The number of nitrogens with zero attached hydrogens (tertiary/aromatic N) is 3. The standard InChI is InChI=1S/C26H27FN4O2/c1-17-5-10-23(27)24-22(26(32)29-21-4-3-11-33-16-21)15-31(25(17)24)13-18-6-8-19(9-7-18)20-12-28-30(2)14-20/h5-10,12,14-15,21H,3-4,11,13,16H2,1-2H3,(H,29,32). The summed E-state index contributed by atoms with van der Waals surface area (Å²) >= 11 is 0. The van der Waals surface area contributed by atoms with E-state index in [4.69, 9.17) is 4.74 Å². The van der Waals surface area contributed by atoms with Crippen molar-refractivity contribution in [3.8, 4) is 11.1 Å². The van der Waals surface area contributed by atoms with Crippen LogP contribution in [0.4, 0.5) is 4.39 Å². The van der Waals surface area contributed by atoms with Crippen molar-refractivity contribution < 1.29 is 13.9 Å². The average molecular weight is 447 g/mol. The van der Waals surface area contributed by atoms with E-state index in [1.807, 2.05) is 30.9 Å². The molecule has 1 unspecified atom stereocenters. The third kappa shape index (κ3) is 4.28. The number of aromatic nitrogens is 3. The second-order valence-electron chi connectivity index (χ2n) is 8.75. The van der Waals surface area contributed by atoms with Crippen molar-refractivity contribution in [3.63, 3.8) is 0 Å². The number of rotatable bonds is 5. The highest BCUT2D eigenvalue weighted by Crippen LogP contribution is 2.29. The molecule has 0 radical (unpaired) electrons. The lowest BCUT2D eigenvalue weighted by molar-refractivity contribution is 0.0624. The molecule has 4 aromatic rings. The van der Waals surface area contributed by atoms with Gasteiger partial charge >= 0.3 is 0 Å². The zero-order valence-electron chi connectivity index (χ0n) is 18.8. The number of hydrogen-bond acceptors (Lipinski definition) is 3. The van der Waals surface area contributed by atoms with Crippen LogP contribution in [0.25, 0.3) is 22.0 Å². The summed E-state index contributed by atoms with van der Waals surface area (Å²) in [5, 5.41) is 7.63. The second kappa shape index (κ2) is 8.83. The van der Waals surface area contributed by atoms with Gasteiger partial charge < -0.3 is 14.6 Å². The molecule has 7 heteroatoms. The third-order valence-corrected chi connectivity index (χ3v) is 6.26. The molecular formula is C26H27FN4O2. The number of amides is 1. The van der Waals surface area contributed by atoms with Crippen LogP contribution in [0.2, 0.25) is 0 Å². The van der Waals surface area contributed by atoms with Crippen LogP contribution in [0.15, 0.2) is 55.0 Å². The Labute approximate surface area is 192 Å². The summed E-state index contributed by atoms with van der Waals surface area (Å²) in [4.78, 5) is 13.1.